The molecular formula is C15H24N2O2. The number of methoxy groups -OCH3 is 1. The van der Waals surface area contributed by atoms with E-state index in [1.54, 1.807) is 7.11 Å². The van der Waals surface area contributed by atoms with Gasteiger partial charge in [0, 0.05) is 19.0 Å². The van der Waals surface area contributed by atoms with Crippen molar-refractivity contribution in [3.8, 4) is 5.75 Å². The van der Waals surface area contributed by atoms with Crippen LogP contribution in [0.25, 0.3) is 0 Å². The topological polar surface area (TPSA) is 50.4 Å². The van der Waals surface area contributed by atoms with Crippen molar-refractivity contribution in [3.05, 3.63) is 29.8 Å². The van der Waals surface area contributed by atoms with Gasteiger partial charge in [0.1, 0.15) is 5.75 Å². The molecule has 0 bridgehead atoms. The van der Waals surface area contributed by atoms with Crippen LogP contribution in [0.5, 0.6) is 5.75 Å². The number of para-hydroxylation sites is 1. The van der Waals surface area contributed by atoms with E-state index < -0.39 is 0 Å². The van der Waals surface area contributed by atoms with Gasteiger partial charge in [0.05, 0.1) is 7.11 Å². The molecule has 0 heterocycles. The summed E-state index contributed by atoms with van der Waals surface area (Å²) in [5, 5.41) is 6.16. The molecule has 0 aromatic heterocycles. The number of carbonyl (C=O) groups is 1. The van der Waals surface area contributed by atoms with E-state index in [2.05, 4.69) is 10.6 Å². The highest BCUT2D eigenvalue weighted by Gasteiger charge is 2.07. The Balaban J connectivity index is 2.31. The molecule has 19 heavy (non-hydrogen) atoms. The number of hydrogen-bond donors (Lipinski definition) is 2. The highest BCUT2D eigenvalue weighted by atomic mass is 16.5. The van der Waals surface area contributed by atoms with E-state index in [0.29, 0.717) is 13.0 Å². The zero-order valence-electron chi connectivity index (χ0n) is 12.0. The smallest absolute Gasteiger partial charge is 0.221 e. The van der Waals surface area contributed by atoms with Crippen LogP contribution in [0.3, 0.4) is 0 Å². The van der Waals surface area contributed by atoms with Gasteiger partial charge >= 0.3 is 0 Å². The van der Waals surface area contributed by atoms with E-state index in [1.165, 1.54) is 0 Å². The number of ether oxygens (including phenoxy) is 1. The van der Waals surface area contributed by atoms with Crippen LogP contribution in [0.15, 0.2) is 24.3 Å². The van der Waals surface area contributed by atoms with Crippen LogP contribution >= 0.6 is 0 Å². The van der Waals surface area contributed by atoms with Crippen molar-refractivity contribution < 1.29 is 9.53 Å². The van der Waals surface area contributed by atoms with E-state index in [4.69, 9.17) is 4.74 Å². The van der Waals surface area contributed by atoms with Crippen molar-refractivity contribution >= 4 is 5.91 Å². The maximum Gasteiger partial charge on any atom is 0.221 e. The van der Waals surface area contributed by atoms with E-state index >= 15 is 0 Å². The van der Waals surface area contributed by atoms with Gasteiger partial charge in [-0.05, 0) is 31.5 Å². The number of rotatable bonds is 8. The molecule has 0 spiro atoms. The third-order valence-corrected chi connectivity index (χ3v) is 2.95. The first-order valence-corrected chi connectivity index (χ1v) is 6.79. The molecular weight excluding hydrogens is 240 g/mol. The Bertz CT molecular complexity index is 393. The molecule has 4 nitrogen and oxygen atoms in total. The Hall–Kier alpha value is -1.55. The zero-order chi connectivity index (χ0) is 14.1. The second kappa shape index (κ2) is 8.53. The quantitative estimate of drug-likeness (QED) is 0.752. The van der Waals surface area contributed by atoms with Gasteiger partial charge in [-0.2, -0.15) is 0 Å². The summed E-state index contributed by atoms with van der Waals surface area (Å²) in [6.07, 6.45) is 1.30. The summed E-state index contributed by atoms with van der Waals surface area (Å²) in [6, 6.07) is 8.10. The summed E-state index contributed by atoms with van der Waals surface area (Å²) in [5.41, 5.74) is 1.12. The first kappa shape index (κ1) is 15.5. The van der Waals surface area contributed by atoms with Gasteiger partial charge in [-0.1, -0.05) is 25.1 Å². The lowest BCUT2D eigenvalue weighted by molar-refractivity contribution is -0.121. The number of nitrogens with one attached hydrogen (secondary N) is 2. The minimum Gasteiger partial charge on any atom is -0.496 e. The molecule has 0 saturated carbocycles. The van der Waals surface area contributed by atoms with Gasteiger partial charge in [0.25, 0.3) is 0 Å². The van der Waals surface area contributed by atoms with Crippen LogP contribution in [0.1, 0.15) is 25.8 Å². The van der Waals surface area contributed by atoms with Crippen molar-refractivity contribution in [2.75, 3.05) is 20.2 Å². The van der Waals surface area contributed by atoms with E-state index in [1.807, 2.05) is 38.1 Å². The number of hydrogen-bond acceptors (Lipinski definition) is 3. The van der Waals surface area contributed by atoms with Crippen LogP contribution in [0, 0.1) is 0 Å². The summed E-state index contributed by atoms with van der Waals surface area (Å²) >= 11 is 0. The Morgan fingerprint density at radius 2 is 2.11 bits per heavy atom. The van der Waals surface area contributed by atoms with Crippen molar-refractivity contribution in [2.24, 2.45) is 0 Å². The lowest BCUT2D eigenvalue weighted by atomic mass is 10.1. The zero-order valence-corrected chi connectivity index (χ0v) is 12.0. The van der Waals surface area contributed by atoms with Gasteiger partial charge < -0.3 is 15.4 Å². The van der Waals surface area contributed by atoms with Crippen LogP contribution in [-0.4, -0.2) is 32.1 Å². The van der Waals surface area contributed by atoms with Crippen LogP contribution in [-0.2, 0) is 11.2 Å². The first-order valence-electron chi connectivity index (χ1n) is 6.79. The average molecular weight is 264 g/mol. The van der Waals surface area contributed by atoms with Gasteiger partial charge in [-0.3, -0.25) is 4.79 Å². The average Bonchev–Trinajstić information content (AvgIpc) is 2.39. The molecule has 0 aliphatic carbocycles. The van der Waals surface area contributed by atoms with Crippen molar-refractivity contribution in [2.45, 2.75) is 32.7 Å². The minimum absolute atomic E-state index is 0.0864. The molecule has 1 amide bonds. The SMILES string of the molecule is CCNC(C)CC(=O)NCCc1ccccc1OC. The van der Waals surface area contributed by atoms with Crippen LogP contribution in [0.4, 0.5) is 0 Å². The second-order valence-corrected chi connectivity index (χ2v) is 4.57. The standard InChI is InChI=1S/C15H24N2O2/c1-4-16-12(2)11-15(18)17-10-9-13-7-5-6-8-14(13)19-3/h5-8,12,16H,4,9-11H2,1-3H3,(H,17,18). The monoisotopic (exact) mass is 264 g/mol. The molecule has 2 N–H and O–H groups in total. The number of benzene rings is 1. The molecule has 0 fully saturated rings. The predicted octanol–water partition coefficient (Wildman–Crippen LogP) is 1.74. The van der Waals surface area contributed by atoms with E-state index in [0.717, 1.165) is 24.3 Å². The molecule has 0 aliphatic rings. The number of amides is 1. The largest absolute Gasteiger partial charge is 0.496 e. The molecule has 1 aromatic rings. The van der Waals surface area contributed by atoms with E-state index in [9.17, 15) is 4.79 Å². The lowest BCUT2D eigenvalue weighted by Gasteiger charge is -2.12. The van der Waals surface area contributed by atoms with Crippen molar-refractivity contribution in [1.82, 2.24) is 10.6 Å². The maximum absolute atomic E-state index is 11.7. The Labute approximate surface area is 115 Å². The Morgan fingerprint density at radius 1 is 1.37 bits per heavy atom. The van der Waals surface area contributed by atoms with Gasteiger partial charge in [0.2, 0.25) is 5.91 Å². The molecule has 0 radical (unpaired) electrons. The van der Waals surface area contributed by atoms with E-state index in [-0.39, 0.29) is 11.9 Å². The van der Waals surface area contributed by atoms with Gasteiger partial charge in [0.15, 0.2) is 0 Å². The highest BCUT2D eigenvalue weighted by Crippen LogP contribution is 2.17. The third kappa shape index (κ3) is 5.75. The fourth-order valence-electron chi connectivity index (χ4n) is 2.02. The molecule has 1 unspecified atom stereocenters. The fraction of sp³-hybridized carbons (Fsp3) is 0.533. The minimum atomic E-state index is 0.0864. The van der Waals surface area contributed by atoms with Gasteiger partial charge in [-0.25, -0.2) is 0 Å². The summed E-state index contributed by atoms with van der Waals surface area (Å²) in [6.45, 7) is 5.58. The second-order valence-electron chi connectivity index (χ2n) is 4.57. The molecule has 106 valence electrons. The van der Waals surface area contributed by atoms with Crippen molar-refractivity contribution in [3.63, 3.8) is 0 Å². The lowest BCUT2D eigenvalue weighted by Crippen LogP contribution is -2.34. The van der Waals surface area contributed by atoms with Crippen LogP contribution < -0.4 is 15.4 Å². The highest BCUT2D eigenvalue weighted by molar-refractivity contribution is 5.76. The molecule has 1 atom stereocenters. The summed E-state index contributed by atoms with van der Waals surface area (Å²) in [4.78, 5) is 11.7. The third-order valence-electron chi connectivity index (χ3n) is 2.95. The molecule has 0 saturated heterocycles. The van der Waals surface area contributed by atoms with Crippen molar-refractivity contribution in [1.29, 1.82) is 0 Å². The maximum atomic E-state index is 11.7. The molecule has 0 aliphatic heterocycles. The Kier molecular flexibility index (Phi) is 6.97. The fourth-order valence-corrected chi connectivity index (χ4v) is 2.02. The normalized spacial score (nSPS) is 11.9. The number of carbonyl (C=O) groups excluding carboxylic acids is 1. The first-order chi connectivity index (χ1) is 9.17. The van der Waals surface area contributed by atoms with Gasteiger partial charge in [-0.15, -0.1) is 0 Å². The summed E-state index contributed by atoms with van der Waals surface area (Å²) < 4.78 is 5.28. The molecule has 1 rings (SSSR count). The Morgan fingerprint density at radius 3 is 2.79 bits per heavy atom. The summed E-state index contributed by atoms with van der Waals surface area (Å²) in [7, 11) is 1.66. The predicted molar refractivity (Wildman–Crippen MR) is 77.5 cm³/mol. The summed E-state index contributed by atoms with van der Waals surface area (Å²) in [5.74, 6) is 0.959. The molecule has 4 heteroatoms. The van der Waals surface area contributed by atoms with Crippen LogP contribution in [0.2, 0.25) is 0 Å². The molecule has 1 aromatic carbocycles.